The van der Waals surface area contributed by atoms with Crippen molar-refractivity contribution in [1.29, 1.82) is 0 Å². The zero-order valence-corrected chi connectivity index (χ0v) is 8.92. The largest absolute Gasteiger partial charge is 0.339 e. The molecule has 0 aliphatic carbocycles. The predicted octanol–water partition coefficient (Wildman–Crippen LogP) is 0.949. The van der Waals surface area contributed by atoms with Crippen molar-refractivity contribution < 1.29 is 4.79 Å². The summed E-state index contributed by atoms with van der Waals surface area (Å²) in [6.45, 7) is 3.67. The number of likely N-dealkylation sites (tertiary alicyclic amines) is 1. The van der Waals surface area contributed by atoms with Gasteiger partial charge in [0.25, 0.3) is 0 Å². The van der Waals surface area contributed by atoms with Crippen LogP contribution in [0.1, 0.15) is 26.2 Å². The van der Waals surface area contributed by atoms with E-state index in [1.165, 1.54) is 12.8 Å². The Morgan fingerprint density at radius 1 is 1.54 bits per heavy atom. The molecule has 3 nitrogen and oxygen atoms in total. The van der Waals surface area contributed by atoms with Crippen LogP contribution in [0.15, 0.2) is 0 Å². The fourth-order valence-corrected chi connectivity index (χ4v) is 1.95. The van der Waals surface area contributed by atoms with Crippen LogP contribution in [0.25, 0.3) is 0 Å². The van der Waals surface area contributed by atoms with Crippen molar-refractivity contribution in [2.75, 3.05) is 27.2 Å². The fraction of sp³-hybridized carbons (Fsp3) is 0.900. The van der Waals surface area contributed by atoms with Gasteiger partial charge in [-0.25, -0.2) is 0 Å². The zero-order valence-electron chi connectivity index (χ0n) is 8.92. The first-order valence-electron chi connectivity index (χ1n) is 5.09. The Morgan fingerprint density at radius 2 is 2.23 bits per heavy atom. The van der Waals surface area contributed by atoms with Gasteiger partial charge in [-0.1, -0.05) is 6.92 Å². The van der Waals surface area contributed by atoms with Gasteiger partial charge in [0, 0.05) is 12.6 Å². The molecule has 0 aromatic rings. The van der Waals surface area contributed by atoms with E-state index in [2.05, 4.69) is 6.92 Å². The second-order valence-electron chi connectivity index (χ2n) is 4.03. The summed E-state index contributed by atoms with van der Waals surface area (Å²) in [4.78, 5) is 15.7. The molecule has 0 bridgehead atoms. The van der Waals surface area contributed by atoms with Gasteiger partial charge < -0.3 is 9.80 Å². The summed E-state index contributed by atoms with van der Waals surface area (Å²) in [6.07, 6.45) is 3.46. The molecule has 0 N–H and O–H groups in total. The van der Waals surface area contributed by atoms with Crippen LogP contribution in [0.3, 0.4) is 0 Å². The highest BCUT2D eigenvalue weighted by atomic mass is 16.2. The third-order valence-corrected chi connectivity index (χ3v) is 2.62. The summed E-state index contributed by atoms with van der Waals surface area (Å²) in [5.74, 6) is 0.286. The summed E-state index contributed by atoms with van der Waals surface area (Å²) in [5.41, 5.74) is 0. The number of carbonyl (C=O) groups is 1. The minimum atomic E-state index is 0.286. The van der Waals surface area contributed by atoms with E-state index in [-0.39, 0.29) is 5.91 Å². The molecule has 0 saturated carbocycles. The van der Waals surface area contributed by atoms with Crippen molar-refractivity contribution in [2.24, 2.45) is 0 Å². The smallest absolute Gasteiger partial charge is 0.236 e. The van der Waals surface area contributed by atoms with E-state index < -0.39 is 0 Å². The standard InChI is InChI=1S/C10H20N2O/c1-4-9-6-5-7-12(9)10(13)8-11(2)3/h9H,4-8H2,1-3H3/t9-/m1/s1. The van der Waals surface area contributed by atoms with Gasteiger partial charge in [0.15, 0.2) is 0 Å². The summed E-state index contributed by atoms with van der Waals surface area (Å²) in [6, 6.07) is 0.507. The van der Waals surface area contributed by atoms with Crippen molar-refractivity contribution in [3.8, 4) is 0 Å². The van der Waals surface area contributed by atoms with Crippen molar-refractivity contribution in [3.63, 3.8) is 0 Å². The van der Waals surface area contributed by atoms with E-state index in [1.807, 2.05) is 23.9 Å². The summed E-state index contributed by atoms with van der Waals surface area (Å²) in [5, 5.41) is 0. The van der Waals surface area contributed by atoms with Gasteiger partial charge in [0.1, 0.15) is 0 Å². The normalized spacial score (nSPS) is 22.8. The van der Waals surface area contributed by atoms with Gasteiger partial charge >= 0.3 is 0 Å². The molecule has 1 saturated heterocycles. The SMILES string of the molecule is CC[C@@H]1CCCN1C(=O)CN(C)C. The molecule has 0 unspecified atom stereocenters. The third-order valence-electron chi connectivity index (χ3n) is 2.62. The van der Waals surface area contributed by atoms with Crippen LogP contribution in [0.4, 0.5) is 0 Å². The number of hydrogen-bond donors (Lipinski definition) is 0. The predicted molar refractivity (Wildman–Crippen MR) is 53.6 cm³/mol. The van der Waals surface area contributed by atoms with Crippen LogP contribution in [-0.4, -0.2) is 48.9 Å². The van der Waals surface area contributed by atoms with Gasteiger partial charge in [-0.3, -0.25) is 4.79 Å². The highest BCUT2D eigenvalue weighted by Gasteiger charge is 2.26. The Balaban J connectivity index is 2.45. The van der Waals surface area contributed by atoms with Crippen LogP contribution in [0.2, 0.25) is 0 Å². The van der Waals surface area contributed by atoms with E-state index in [0.717, 1.165) is 13.0 Å². The first-order valence-corrected chi connectivity index (χ1v) is 5.09. The van der Waals surface area contributed by atoms with Crippen molar-refractivity contribution in [2.45, 2.75) is 32.2 Å². The molecule has 1 aliphatic rings. The highest BCUT2D eigenvalue weighted by molar-refractivity contribution is 5.78. The van der Waals surface area contributed by atoms with Crippen LogP contribution in [-0.2, 0) is 4.79 Å². The Hall–Kier alpha value is -0.570. The molecular formula is C10H20N2O. The van der Waals surface area contributed by atoms with E-state index >= 15 is 0 Å². The highest BCUT2D eigenvalue weighted by Crippen LogP contribution is 2.19. The summed E-state index contributed by atoms with van der Waals surface area (Å²) >= 11 is 0. The molecule has 0 spiro atoms. The molecule has 0 aromatic heterocycles. The second-order valence-corrected chi connectivity index (χ2v) is 4.03. The van der Waals surface area contributed by atoms with E-state index in [0.29, 0.717) is 12.6 Å². The minimum absolute atomic E-state index is 0.286. The number of nitrogens with zero attached hydrogens (tertiary/aromatic N) is 2. The number of likely N-dealkylation sites (N-methyl/N-ethyl adjacent to an activating group) is 1. The minimum Gasteiger partial charge on any atom is -0.339 e. The first kappa shape index (κ1) is 10.5. The van der Waals surface area contributed by atoms with Gasteiger partial charge in [-0.05, 0) is 33.4 Å². The zero-order chi connectivity index (χ0) is 9.84. The van der Waals surface area contributed by atoms with E-state index in [9.17, 15) is 4.79 Å². The van der Waals surface area contributed by atoms with Crippen molar-refractivity contribution in [3.05, 3.63) is 0 Å². The maximum atomic E-state index is 11.7. The summed E-state index contributed by atoms with van der Waals surface area (Å²) in [7, 11) is 3.88. The Kier molecular flexibility index (Phi) is 3.72. The van der Waals surface area contributed by atoms with Crippen molar-refractivity contribution in [1.82, 2.24) is 9.80 Å². The molecule has 1 rings (SSSR count). The molecule has 1 atom stereocenters. The third kappa shape index (κ3) is 2.69. The monoisotopic (exact) mass is 184 g/mol. The lowest BCUT2D eigenvalue weighted by Crippen LogP contribution is -2.40. The lowest BCUT2D eigenvalue weighted by Gasteiger charge is -2.25. The van der Waals surface area contributed by atoms with Crippen LogP contribution >= 0.6 is 0 Å². The Bertz CT molecular complexity index is 180. The molecule has 1 amide bonds. The second kappa shape index (κ2) is 4.61. The van der Waals surface area contributed by atoms with Crippen LogP contribution in [0.5, 0.6) is 0 Å². The van der Waals surface area contributed by atoms with E-state index in [4.69, 9.17) is 0 Å². The first-order chi connectivity index (χ1) is 6.15. The molecule has 13 heavy (non-hydrogen) atoms. The average molecular weight is 184 g/mol. The van der Waals surface area contributed by atoms with Crippen LogP contribution < -0.4 is 0 Å². The fourth-order valence-electron chi connectivity index (χ4n) is 1.95. The maximum absolute atomic E-state index is 11.7. The lowest BCUT2D eigenvalue weighted by molar-refractivity contribution is -0.132. The molecular weight excluding hydrogens is 164 g/mol. The number of hydrogen-bond acceptors (Lipinski definition) is 2. The Morgan fingerprint density at radius 3 is 2.77 bits per heavy atom. The average Bonchev–Trinajstić information content (AvgIpc) is 2.49. The molecule has 1 aliphatic heterocycles. The number of carbonyl (C=O) groups excluding carboxylic acids is 1. The quantitative estimate of drug-likeness (QED) is 0.652. The molecule has 1 heterocycles. The van der Waals surface area contributed by atoms with Gasteiger partial charge in [0.05, 0.1) is 6.54 Å². The summed E-state index contributed by atoms with van der Waals surface area (Å²) < 4.78 is 0. The van der Waals surface area contributed by atoms with Crippen LogP contribution in [0, 0.1) is 0 Å². The van der Waals surface area contributed by atoms with Gasteiger partial charge in [-0.2, -0.15) is 0 Å². The topological polar surface area (TPSA) is 23.6 Å². The van der Waals surface area contributed by atoms with Crippen molar-refractivity contribution >= 4 is 5.91 Å². The molecule has 76 valence electrons. The van der Waals surface area contributed by atoms with Gasteiger partial charge in [0.2, 0.25) is 5.91 Å². The molecule has 0 radical (unpaired) electrons. The molecule has 3 heteroatoms. The Labute approximate surface area is 80.7 Å². The van der Waals surface area contributed by atoms with Gasteiger partial charge in [-0.15, -0.1) is 0 Å². The maximum Gasteiger partial charge on any atom is 0.236 e. The number of rotatable bonds is 3. The lowest BCUT2D eigenvalue weighted by atomic mass is 10.2. The van der Waals surface area contributed by atoms with E-state index in [1.54, 1.807) is 0 Å². The molecule has 1 fully saturated rings. The molecule has 0 aromatic carbocycles. The number of amides is 1.